The molecule has 1 unspecified atom stereocenters. The Balaban J connectivity index is 2.01. The Morgan fingerprint density at radius 3 is 2.64 bits per heavy atom. The van der Waals surface area contributed by atoms with E-state index in [0.29, 0.717) is 25.4 Å². The highest BCUT2D eigenvalue weighted by molar-refractivity contribution is 7.89. The van der Waals surface area contributed by atoms with Crippen LogP contribution in [0, 0.1) is 5.92 Å². The zero-order valence-corrected chi connectivity index (χ0v) is 15.5. The van der Waals surface area contributed by atoms with Crippen LogP contribution in [-0.2, 0) is 14.8 Å². The van der Waals surface area contributed by atoms with E-state index >= 15 is 0 Å². The first kappa shape index (κ1) is 19.7. The quantitative estimate of drug-likeness (QED) is 0.721. The molecule has 2 N–H and O–H groups in total. The molecule has 1 fully saturated rings. The average Bonchev–Trinajstić information content (AvgIpc) is 2.55. The second-order valence-electron chi connectivity index (χ2n) is 6.53. The number of hydrogen-bond acceptors (Lipinski definition) is 5. The van der Waals surface area contributed by atoms with Crippen LogP contribution in [0.2, 0.25) is 0 Å². The van der Waals surface area contributed by atoms with Gasteiger partial charge in [-0.3, -0.25) is 4.79 Å². The normalized spacial score (nSPS) is 19.1. The summed E-state index contributed by atoms with van der Waals surface area (Å²) in [5, 5.41) is 11.5. The third-order valence-electron chi connectivity index (χ3n) is 4.02. The summed E-state index contributed by atoms with van der Waals surface area (Å²) in [6.07, 6.45) is 1.69. The summed E-state index contributed by atoms with van der Waals surface area (Å²) in [7, 11) is -3.55. The van der Waals surface area contributed by atoms with E-state index in [9.17, 15) is 13.2 Å². The van der Waals surface area contributed by atoms with Crippen LogP contribution in [0.15, 0.2) is 29.2 Å². The third kappa shape index (κ3) is 5.69. The molecule has 8 heteroatoms. The van der Waals surface area contributed by atoms with Gasteiger partial charge in [-0.05, 0) is 63.4 Å². The lowest BCUT2D eigenvalue weighted by molar-refractivity contribution is -0.136. The Morgan fingerprint density at radius 2 is 2.04 bits per heavy atom. The number of piperidine rings is 1. The Bertz CT molecular complexity index is 673. The van der Waals surface area contributed by atoms with Crippen LogP contribution in [0.3, 0.4) is 0 Å². The van der Waals surface area contributed by atoms with Gasteiger partial charge in [0.2, 0.25) is 10.0 Å². The number of carboxylic acid groups (broad SMARTS) is 1. The van der Waals surface area contributed by atoms with Crippen molar-refractivity contribution in [3.05, 3.63) is 24.3 Å². The second-order valence-corrected chi connectivity index (χ2v) is 8.47. The summed E-state index contributed by atoms with van der Waals surface area (Å²) < 4.78 is 32.7. The van der Waals surface area contributed by atoms with Gasteiger partial charge in [0.05, 0.1) is 17.5 Å². The van der Waals surface area contributed by atoms with Gasteiger partial charge in [0.25, 0.3) is 0 Å². The van der Waals surface area contributed by atoms with E-state index in [2.05, 4.69) is 5.32 Å². The molecule has 1 aliphatic rings. The van der Waals surface area contributed by atoms with Crippen molar-refractivity contribution < 1.29 is 23.1 Å². The van der Waals surface area contributed by atoms with Gasteiger partial charge in [-0.1, -0.05) is 0 Å². The number of sulfonamides is 1. The molecule has 2 rings (SSSR count). The molecule has 0 bridgehead atoms. The van der Waals surface area contributed by atoms with Gasteiger partial charge in [-0.15, -0.1) is 0 Å². The van der Waals surface area contributed by atoms with Crippen LogP contribution in [0.25, 0.3) is 0 Å². The molecule has 7 nitrogen and oxygen atoms in total. The Kier molecular flexibility index (Phi) is 6.80. The van der Waals surface area contributed by atoms with E-state index in [1.807, 2.05) is 13.8 Å². The fraction of sp³-hybridized carbons (Fsp3) is 0.588. The molecule has 0 spiro atoms. The van der Waals surface area contributed by atoms with Crippen molar-refractivity contribution in [1.82, 2.24) is 9.62 Å². The smallest absolute Gasteiger partial charge is 0.317 e. The molecule has 0 aliphatic carbocycles. The first-order valence-corrected chi connectivity index (χ1v) is 9.92. The SMILES string of the molecule is CC(C)Oc1ccc(S(=O)(=O)N2CCCC(CNCC(=O)O)C2)cc1. The number of aliphatic carboxylic acids is 1. The van der Waals surface area contributed by atoms with Crippen molar-refractivity contribution in [3.63, 3.8) is 0 Å². The fourth-order valence-electron chi connectivity index (χ4n) is 2.91. The van der Waals surface area contributed by atoms with Crippen LogP contribution >= 0.6 is 0 Å². The molecular weight excluding hydrogens is 344 g/mol. The number of nitrogens with zero attached hydrogens (tertiary/aromatic N) is 1. The lowest BCUT2D eigenvalue weighted by atomic mass is 10.00. The van der Waals surface area contributed by atoms with Crippen molar-refractivity contribution in [2.45, 2.75) is 37.7 Å². The van der Waals surface area contributed by atoms with Gasteiger partial charge < -0.3 is 15.2 Å². The number of carboxylic acids is 1. The zero-order chi connectivity index (χ0) is 18.4. The van der Waals surface area contributed by atoms with E-state index < -0.39 is 16.0 Å². The molecule has 1 heterocycles. The van der Waals surface area contributed by atoms with Crippen LogP contribution in [0.4, 0.5) is 0 Å². The van der Waals surface area contributed by atoms with Gasteiger partial charge in [-0.2, -0.15) is 4.31 Å². The number of hydrogen-bond donors (Lipinski definition) is 2. The number of nitrogens with one attached hydrogen (secondary N) is 1. The lowest BCUT2D eigenvalue weighted by Gasteiger charge is -2.32. The Morgan fingerprint density at radius 1 is 1.36 bits per heavy atom. The Hall–Kier alpha value is -1.64. The molecule has 1 aromatic rings. The number of benzene rings is 1. The molecule has 1 atom stereocenters. The van der Waals surface area contributed by atoms with E-state index in [4.69, 9.17) is 9.84 Å². The predicted octanol–water partition coefficient (Wildman–Crippen LogP) is 1.55. The van der Waals surface area contributed by atoms with Crippen molar-refractivity contribution in [3.8, 4) is 5.75 Å². The van der Waals surface area contributed by atoms with Crippen molar-refractivity contribution >= 4 is 16.0 Å². The van der Waals surface area contributed by atoms with Gasteiger partial charge in [0, 0.05) is 13.1 Å². The minimum atomic E-state index is -3.55. The van der Waals surface area contributed by atoms with Gasteiger partial charge in [0.1, 0.15) is 5.75 Å². The van der Waals surface area contributed by atoms with E-state index in [-0.39, 0.29) is 23.5 Å². The van der Waals surface area contributed by atoms with Crippen LogP contribution in [0.1, 0.15) is 26.7 Å². The molecule has 0 aromatic heterocycles. The van der Waals surface area contributed by atoms with Gasteiger partial charge in [0.15, 0.2) is 0 Å². The van der Waals surface area contributed by atoms with Gasteiger partial charge >= 0.3 is 5.97 Å². The van der Waals surface area contributed by atoms with Crippen LogP contribution in [-0.4, -0.2) is 56.1 Å². The largest absolute Gasteiger partial charge is 0.491 e. The van der Waals surface area contributed by atoms with Crippen LogP contribution in [0.5, 0.6) is 5.75 Å². The molecule has 0 amide bonds. The summed E-state index contributed by atoms with van der Waals surface area (Å²) in [6.45, 7) is 5.11. The van der Waals surface area contributed by atoms with E-state index in [1.165, 1.54) is 4.31 Å². The van der Waals surface area contributed by atoms with E-state index in [1.54, 1.807) is 24.3 Å². The second kappa shape index (κ2) is 8.64. The molecule has 1 aliphatic heterocycles. The zero-order valence-electron chi connectivity index (χ0n) is 14.6. The minimum absolute atomic E-state index is 0.0311. The minimum Gasteiger partial charge on any atom is -0.491 e. The highest BCUT2D eigenvalue weighted by Crippen LogP contribution is 2.25. The molecule has 1 aromatic carbocycles. The van der Waals surface area contributed by atoms with Gasteiger partial charge in [-0.25, -0.2) is 8.42 Å². The fourth-order valence-corrected chi connectivity index (χ4v) is 4.46. The van der Waals surface area contributed by atoms with E-state index in [0.717, 1.165) is 12.8 Å². The van der Waals surface area contributed by atoms with Crippen molar-refractivity contribution in [2.24, 2.45) is 5.92 Å². The maximum absolute atomic E-state index is 12.8. The molecule has 1 saturated heterocycles. The number of carbonyl (C=O) groups is 1. The highest BCUT2D eigenvalue weighted by atomic mass is 32.2. The first-order chi connectivity index (χ1) is 11.8. The summed E-state index contributed by atoms with van der Waals surface area (Å²) >= 11 is 0. The molecule has 0 saturated carbocycles. The molecule has 0 radical (unpaired) electrons. The standard InChI is InChI=1S/C17H26N2O5S/c1-13(2)24-15-5-7-16(8-6-15)25(22,23)19-9-3-4-14(12-19)10-18-11-17(20)21/h5-8,13-14,18H,3-4,9-12H2,1-2H3,(H,20,21). The molecular formula is C17H26N2O5S. The monoisotopic (exact) mass is 370 g/mol. The average molecular weight is 370 g/mol. The van der Waals surface area contributed by atoms with Crippen molar-refractivity contribution in [1.29, 1.82) is 0 Å². The topological polar surface area (TPSA) is 95.9 Å². The number of ether oxygens (including phenoxy) is 1. The maximum Gasteiger partial charge on any atom is 0.317 e. The molecule has 140 valence electrons. The summed E-state index contributed by atoms with van der Waals surface area (Å²) in [5.74, 6) is -0.154. The maximum atomic E-state index is 12.8. The highest BCUT2D eigenvalue weighted by Gasteiger charge is 2.30. The lowest BCUT2D eigenvalue weighted by Crippen LogP contribution is -2.43. The van der Waals surface area contributed by atoms with Crippen LogP contribution < -0.4 is 10.1 Å². The summed E-state index contributed by atoms with van der Waals surface area (Å²) in [4.78, 5) is 10.8. The number of rotatable bonds is 8. The third-order valence-corrected chi connectivity index (χ3v) is 5.90. The Labute approximate surface area is 149 Å². The van der Waals surface area contributed by atoms with Crippen molar-refractivity contribution in [2.75, 3.05) is 26.2 Å². The first-order valence-electron chi connectivity index (χ1n) is 8.48. The summed E-state index contributed by atoms with van der Waals surface area (Å²) in [6, 6.07) is 6.48. The predicted molar refractivity (Wildman–Crippen MR) is 94.2 cm³/mol. The molecule has 25 heavy (non-hydrogen) atoms. The summed E-state index contributed by atoms with van der Waals surface area (Å²) in [5.41, 5.74) is 0.